The van der Waals surface area contributed by atoms with Gasteiger partial charge in [-0.1, -0.05) is 12.1 Å². The Morgan fingerprint density at radius 1 is 1.33 bits per heavy atom. The first-order valence-corrected chi connectivity index (χ1v) is 5.79. The van der Waals surface area contributed by atoms with Gasteiger partial charge >= 0.3 is 0 Å². The minimum atomic E-state index is -0.406. The molecule has 0 aliphatic rings. The summed E-state index contributed by atoms with van der Waals surface area (Å²) in [7, 11) is 3.16. The predicted molar refractivity (Wildman–Crippen MR) is 67.6 cm³/mol. The standard InChI is InChI=1S/C13H13ClFNO2/c1-16-12(9-6-7-18-13(9)14)8-4-3-5-10(17-2)11(8)15/h3-7,12,16H,1-2H3. The van der Waals surface area contributed by atoms with E-state index >= 15 is 0 Å². The maximum Gasteiger partial charge on any atom is 0.198 e. The topological polar surface area (TPSA) is 34.4 Å². The molecular weight excluding hydrogens is 257 g/mol. The van der Waals surface area contributed by atoms with E-state index in [-0.39, 0.29) is 17.0 Å². The zero-order chi connectivity index (χ0) is 13.1. The first kappa shape index (κ1) is 12.9. The third-order valence-corrected chi connectivity index (χ3v) is 3.08. The van der Waals surface area contributed by atoms with E-state index in [0.29, 0.717) is 11.1 Å². The average Bonchev–Trinajstić information content (AvgIpc) is 2.79. The van der Waals surface area contributed by atoms with E-state index < -0.39 is 5.82 Å². The fourth-order valence-electron chi connectivity index (χ4n) is 1.90. The molecule has 1 aromatic carbocycles. The lowest BCUT2D eigenvalue weighted by molar-refractivity contribution is 0.382. The molecule has 1 N–H and O–H groups in total. The molecule has 18 heavy (non-hydrogen) atoms. The van der Waals surface area contributed by atoms with E-state index in [0.717, 1.165) is 0 Å². The van der Waals surface area contributed by atoms with Crippen LogP contribution in [-0.4, -0.2) is 14.2 Å². The molecule has 0 aliphatic carbocycles. The normalized spacial score (nSPS) is 12.4. The van der Waals surface area contributed by atoms with Gasteiger partial charge in [0, 0.05) is 11.1 Å². The Morgan fingerprint density at radius 2 is 2.11 bits per heavy atom. The van der Waals surface area contributed by atoms with Crippen molar-refractivity contribution in [3.63, 3.8) is 0 Å². The van der Waals surface area contributed by atoms with E-state index in [1.807, 2.05) is 0 Å². The van der Waals surface area contributed by atoms with Gasteiger partial charge in [0.15, 0.2) is 16.8 Å². The molecule has 1 unspecified atom stereocenters. The van der Waals surface area contributed by atoms with Crippen molar-refractivity contribution in [1.82, 2.24) is 5.32 Å². The van der Waals surface area contributed by atoms with Gasteiger partial charge < -0.3 is 14.5 Å². The monoisotopic (exact) mass is 269 g/mol. The lowest BCUT2D eigenvalue weighted by Crippen LogP contribution is -2.19. The fraction of sp³-hybridized carbons (Fsp3) is 0.231. The lowest BCUT2D eigenvalue weighted by atomic mass is 10.0. The van der Waals surface area contributed by atoms with Gasteiger partial charge in [0.1, 0.15) is 0 Å². The van der Waals surface area contributed by atoms with Crippen molar-refractivity contribution in [3.8, 4) is 5.75 Å². The molecular formula is C13H13ClFNO2. The van der Waals surface area contributed by atoms with Crippen LogP contribution in [0.25, 0.3) is 0 Å². The van der Waals surface area contributed by atoms with Crippen molar-refractivity contribution in [2.45, 2.75) is 6.04 Å². The largest absolute Gasteiger partial charge is 0.494 e. The number of nitrogens with one attached hydrogen (secondary N) is 1. The fourth-order valence-corrected chi connectivity index (χ4v) is 2.12. The molecule has 96 valence electrons. The van der Waals surface area contributed by atoms with Crippen LogP contribution in [0.2, 0.25) is 5.22 Å². The molecule has 0 saturated heterocycles. The molecule has 0 spiro atoms. The van der Waals surface area contributed by atoms with Gasteiger partial charge in [0.2, 0.25) is 0 Å². The summed E-state index contributed by atoms with van der Waals surface area (Å²) in [5.41, 5.74) is 1.14. The minimum absolute atomic E-state index is 0.201. The molecule has 5 heteroatoms. The van der Waals surface area contributed by atoms with Crippen LogP contribution in [0.3, 0.4) is 0 Å². The van der Waals surface area contributed by atoms with Crippen LogP contribution in [-0.2, 0) is 0 Å². The minimum Gasteiger partial charge on any atom is -0.494 e. The number of ether oxygens (including phenoxy) is 1. The smallest absolute Gasteiger partial charge is 0.198 e. The number of methoxy groups -OCH3 is 1. The van der Waals surface area contributed by atoms with Crippen LogP contribution in [0.5, 0.6) is 5.75 Å². The average molecular weight is 270 g/mol. The van der Waals surface area contributed by atoms with Crippen molar-refractivity contribution >= 4 is 11.6 Å². The van der Waals surface area contributed by atoms with E-state index in [9.17, 15) is 4.39 Å². The highest BCUT2D eigenvalue weighted by atomic mass is 35.5. The second kappa shape index (κ2) is 5.42. The zero-order valence-electron chi connectivity index (χ0n) is 10.0. The van der Waals surface area contributed by atoms with Crippen molar-refractivity contribution < 1.29 is 13.5 Å². The van der Waals surface area contributed by atoms with Gasteiger partial charge in [-0.05, 0) is 30.8 Å². The molecule has 2 aromatic rings. The Bertz CT molecular complexity index is 542. The molecule has 0 radical (unpaired) electrons. The summed E-state index contributed by atoms with van der Waals surface area (Å²) in [4.78, 5) is 0. The van der Waals surface area contributed by atoms with Crippen LogP contribution in [0.1, 0.15) is 17.2 Å². The predicted octanol–water partition coefficient (Wildman–Crippen LogP) is 3.39. The Hall–Kier alpha value is -1.52. The molecule has 3 nitrogen and oxygen atoms in total. The molecule has 1 heterocycles. The number of hydrogen-bond donors (Lipinski definition) is 1. The van der Waals surface area contributed by atoms with Gasteiger partial charge in [0.25, 0.3) is 0 Å². The van der Waals surface area contributed by atoms with Crippen LogP contribution in [0.4, 0.5) is 4.39 Å². The van der Waals surface area contributed by atoms with E-state index in [1.165, 1.54) is 13.4 Å². The maximum atomic E-state index is 14.2. The van der Waals surface area contributed by atoms with Crippen molar-refractivity contribution in [3.05, 3.63) is 52.7 Å². The summed E-state index contributed by atoms with van der Waals surface area (Å²) >= 11 is 5.93. The molecule has 2 rings (SSSR count). The Labute approximate surface area is 110 Å². The van der Waals surface area contributed by atoms with E-state index in [4.69, 9.17) is 20.8 Å². The highest BCUT2D eigenvalue weighted by Gasteiger charge is 2.22. The van der Waals surface area contributed by atoms with Gasteiger partial charge in [-0.2, -0.15) is 0 Å². The second-order valence-electron chi connectivity index (χ2n) is 3.73. The molecule has 0 amide bonds. The Kier molecular flexibility index (Phi) is 3.89. The van der Waals surface area contributed by atoms with Crippen molar-refractivity contribution in [2.75, 3.05) is 14.2 Å². The zero-order valence-corrected chi connectivity index (χ0v) is 10.8. The number of benzene rings is 1. The van der Waals surface area contributed by atoms with Crippen LogP contribution in [0, 0.1) is 5.82 Å². The lowest BCUT2D eigenvalue weighted by Gasteiger charge is -2.17. The summed E-state index contributed by atoms with van der Waals surface area (Å²) in [6, 6.07) is 6.31. The summed E-state index contributed by atoms with van der Waals surface area (Å²) in [5.74, 6) is -0.205. The van der Waals surface area contributed by atoms with Gasteiger partial charge in [-0.3, -0.25) is 0 Å². The molecule has 1 atom stereocenters. The Morgan fingerprint density at radius 3 is 2.67 bits per heavy atom. The van der Waals surface area contributed by atoms with Gasteiger partial charge in [-0.25, -0.2) is 4.39 Å². The van der Waals surface area contributed by atoms with Crippen LogP contribution >= 0.6 is 11.6 Å². The third kappa shape index (κ3) is 2.21. The quantitative estimate of drug-likeness (QED) is 0.924. The van der Waals surface area contributed by atoms with E-state index in [1.54, 1.807) is 31.3 Å². The highest BCUT2D eigenvalue weighted by molar-refractivity contribution is 6.29. The molecule has 0 saturated carbocycles. The summed E-state index contributed by atoms with van der Waals surface area (Å²) in [5, 5.41) is 3.26. The number of rotatable bonds is 4. The Balaban J connectivity index is 2.49. The second-order valence-corrected chi connectivity index (χ2v) is 4.08. The van der Waals surface area contributed by atoms with Crippen molar-refractivity contribution in [1.29, 1.82) is 0 Å². The number of furan rings is 1. The van der Waals surface area contributed by atoms with Gasteiger partial charge in [0.05, 0.1) is 19.4 Å². The van der Waals surface area contributed by atoms with Crippen LogP contribution in [0.15, 0.2) is 34.9 Å². The van der Waals surface area contributed by atoms with Gasteiger partial charge in [-0.15, -0.1) is 0 Å². The first-order chi connectivity index (χ1) is 8.69. The molecule has 0 fully saturated rings. The SMILES string of the molecule is CNC(c1ccoc1Cl)c1cccc(OC)c1F. The van der Waals surface area contributed by atoms with Crippen LogP contribution < -0.4 is 10.1 Å². The first-order valence-electron chi connectivity index (χ1n) is 5.41. The molecule has 1 aromatic heterocycles. The third-order valence-electron chi connectivity index (χ3n) is 2.77. The molecule has 0 bridgehead atoms. The summed E-state index contributed by atoms with van der Waals surface area (Å²) < 4.78 is 24.2. The van der Waals surface area contributed by atoms with Crippen molar-refractivity contribution in [2.24, 2.45) is 0 Å². The summed E-state index contributed by atoms with van der Waals surface area (Å²) in [6.07, 6.45) is 1.47. The number of hydrogen-bond acceptors (Lipinski definition) is 3. The summed E-state index contributed by atoms with van der Waals surface area (Å²) in [6.45, 7) is 0. The molecule has 0 aliphatic heterocycles. The highest BCUT2D eigenvalue weighted by Crippen LogP contribution is 2.32. The van der Waals surface area contributed by atoms with E-state index in [2.05, 4.69) is 5.32 Å². The maximum absolute atomic E-state index is 14.2. The number of halogens is 2.